The highest BCUT2D eigenvalue weighted by Gasteiger charge is 2.42. The van der Waals surface area contributed by atoms with Gasteiger partial charge in [-0.25, -0.2) is 0 Å². The molecule has 1 heterocycles. The van der Waals surface area contributed by atoms with Gasteiger partial charge in [0.15, 0.2) is 11.8 Å². The van der Waals surface area contributed by atoms with Gasteiger partial charge in [-0.15, -0.1) is 24.0 Å². The highest BCUT2D eigenvalue weighted by molar-refractivity contribution is 14.0. The first kappa shape index (κ1) is 22.7. The van der Waals surface area contributed by atoms with Gasteiger partial charge in [-0.2, -0.15) is 4.98 Å². The van der Waals surface area contributed by atoms with Gasteiger partial charge in [0, 0.05) is 33.6 Å². The third-order valence-corrected chi connectivity index (χ3v) is 4.51. The second-order valence-electron chi connectivity index (χ2n) is 6.79. The van der Waals surface area contributed by atoms with Gasteiger partial charge >= 0.3 is 0 Å². The van der Waals surface area contributed by atoms with E-state index in [4.69, 9.17) is 4.52 Å². The summed E-state index contributed by atoms with van der Waals surface area (Å²) in [6, 6.07) is 0. The number of carbonyl (C=O) groups is 1. The highest BCUT2D eigenvalue weighted by Crippen LogP contribution is 2.39. The number of nitrogens with zero attached hydrogens (tertiary/aromatic N) is 4. The Morgan fingerprint density at radius 3 is 2.54 bits per heavy atom. The second-order valence-corrected chi connectivity index (χ2v) is 6.79. The summed E-state index contributed by atoms with van der Waals surface area (Å²) < 4.78 is 5.11. The summed E-state index contributed by atoms with van der Waals surface area (Å²) in [7, 11) is 3.64. The van der Waals surface area contributed by atoms with Gasteiger partial charge in [0.05, 0.1) is 12.0 Å². The van der Waals surface area contributed by atoms with Gasteiger partial charge < -0.3 is 20.1 Å². The van der Waals surface area contributed by atoms with Crippen LogP contribution in [0.5, 0.6) is 0 Å². The maximum Gasteiger partial charge on any atom is 0.230 e. The van der Waals surface area contributed by atoms with Crippen molar-refractivity contribution in [1.29, 1.82) is 0 Å². The van der Waals surface area contributed by atoms with Crippen LogP contribution < -0.4 is 10.6 Å². The first-order valence-corrected chi connectivity index (χ1v) is 9.00. The molecule has 2 rings (SSSR count). The number of rotatable bonds is 7. The lowest BCUT2D eigenvalue weighted by Crippen LogP contribution is -2.43. The SMILES string of the molecule is CCNC(=NCC1(C(=O)N(C)C)CCCC1)NCCc1nc(C)no1.I. The highest BCUT2D eigenvalue weighted by atomic mass is 127. The molecule has 0 atom stereocenters. The van der Waals surface area contributed by atoms with Crippen LogP contribution in [0.15, 0.2) is 9.52 Å². The number of guanidine groups is 1. The van der Waals surface area contributed by atoms with Gasteiger partial charge in [-0.1, -0.05) is 18.0 Å². The maximum absolute atomic E-state index is 12.6. The molecule has 0 aliphatic heterocycles. The zero-order valence-corrected chi connectivity index (χ0v) is 18.5. The predicted octanol–water partition coefficient (Wildman–Crippen LogP) is 1.74. The third kappa shape index (κ3) is 6.10. The van der Waals surface area contributed by atoms with Crippen molar-refractivity contribution in [2.75, 3.05) is 33.7 Å². The Balaban J connectivity index is 0.00000338. The minimum atomic E-state index is -0.352. The molecule has 0 bridgehead atoms. The van der Waals surface area contributed by atoms with Crippen molar-refractivity contribution < 1.29 is 9.32 Å². The quantitative estimate of drug-likeness (QED) is 0.352. The molecule has 0 saturated heterocycles. The summed E-state index contributed by atoms with van der Waals surface area (Å²) in [5.74, 6) is 2.15. The molecular weight excluding hydrogens is 447 g/mol. The Morgan fingerprint density at radius 1 is 1.31 bits per heavy atom. The number of carbonyl (C=O) groups excluding carboxylic acids is 1. The summed E-state index contributed by atoms with van der Waals surface area (Å²) in [6.07, 6.45) is 4.64. The van der Waals surface area contributed by atoms with Crippen LogP contribution >= 0.6 is 24.0 Å². The van der Waals surface area contributed by atoms with Gasteiger partial charge in [0.1, 0.15) is 0 Å². The van der Waals surface area contributed by atoms with Crippen molar-refractivity contribution in [3.8, 4) is 0 Å². The van der Waals surface area contributed by atoms with Gasteiger partial charge in [0.2, 0.25) is 11.8 Å². The Labute approximate surface area is 172 Å². The van der Waals surface area contributed by atoms with E-state index in [2.05, 4.69) is 25.8 Å². The van der Waals surface area contributed by atoms with E-state index in [-0.39, 0.29) is 35.3 Å². The Kier molecular flexibility index (Phi) is 9.31. The zero-order valence-electron chi connectivity index (χ0n) is 16.2. The van der Waals surface area contributed by atoms with Crippen LogP contribution in [-0.2, 0) is 11.2 Å². The van der Waals surface area contributed by atoms with Gasteiger partial charge in [-0.3, -0.25) is 9.79 Å². The van der Waals surface area contributed by atoms with E-state index in [9.17, 15) is 4.79 Å². The summed E-state index contributed by atoms with van der Waals surface area (Å²) in [5.41, 5.74) is -0.352. The monoisotopic (exact) mass is 478 g/mol. The largest absolute Gasteiger partial charge is 0.357 e. The summed E-state index contributed by atoms with van der Waals surface area (Å²) >= 11 is 0. The van der Waals surface area contributed by atoms with Crippen molar-refractivity contribution in [3.05, 3.63) is 11.7 Å². The molecule has 26 heavy (non-hydrogen) atoms. The molecule has 1 fully saturated rings. The number of aryl methyl sites for hydroxylation is 1. The van der Waals surface area contributed by atoms with Crippen LogP contribution in [0.2, 0.25) is 0 Å². The van der Waals surface area contributed by atoms with E-state index in [1.807, 2.05) is 21.0 Å². The number of hydrogen-bond acceptors (Lipinski definition) is 5. The Bertz CT molecular complexity index is 596. The molecular formula is C17H31IN6O2. The minimum Gasteiger partial charge on any atom is -0.357 e. The Hall–Kier alpha value is -1.39. The van der Waals surface area contributed by atoms with E-state index in [1.54, 1.807) is 11.8 Å². The maximum atomic E-state index is 12.6. The molecule has 0 spiro atoms. The fraction of sp³-hybridized carbons (Fsp3) is 0.765. The van der Waals surface area contributed by atoms with E-state index >= 15 is 0 Å². The first-order valence-electron chi connectivity index (χ1n) is 9.00. The van der Waals surface area contributed by atoms with Crippen molar-refractivity contribution in [1.82, 2.24) is 25.7 Å². The number of halogens is 1. The number of aromatic nitrogens is 2. The topological polar surface area (TPSA) is 95.7 Å². The molecule has 1 aliphatic carbocycles. The van der Waals surface area contributed by atoms with E-state index in [0.29, 0.717) is 31.2 Å². The number of amides is 1. The number of hydrogen-bond donors (Lipinski definition) is 2. The molecule has 148 valence electrons. The molecule has 0 aromatic carbocycles. The molecule has 8 nitrogen and oxygen atoms in total. The van der Waals surface area contributed by atoms with Crippen LogP contribution in [0.4, 0.5) is 0 Å². The molecule has 1 aliphatic rings. The lowest BCUT2D eigenvalue weighted by atomic mass is 9.85. The normalized spacial score (nSPS) is 16.1. The fourth-order valence-corrected chi connectivity index (χ4v) is 3.27. The average Bonchev–Trinajstić information content (AvgIpc) is 3.22. The minimum absolute atomic E-state index is 0. The van der Waals surface area contributed by atoms with Gasteiger partial charge in [-0.05, 0) is 26.7 Å². The zero-order chi connectivity index (χ0) is 18.3. The van der Waals surface area contributed by atoms with E-state index in [0.717, 1.165) is 38.2 Å². The molecule has 0 unspecified atom stereocenters. The molecule has 1 saturated carbocycles. The third-order valence-electron chi connectivity index (χ3n) is 4.51. The number of nitrogens with one attached hydrogen (secondary N) is 2. The van der Waals surface area contributed by atoms with Crippen LogP contribution in [0.3, 0.4) is 0 Å². The van der Waals surface area contributed by atoms with E-state index < -0.39 is 0 Å². The van der Waals surface area contributed by atoms with Crippen LogP contribution in [0, 0.1) is 12.3 Å². The van der Waals surface area contributed by atoms with Crippen molar-refractivity contribution in [3.63, 3.8) is 0 Å². The smallest absolute Gasteiger partial charge is 0.230 e. The van der Waals surface area contributed by atoms with Crippen molar-refractivity contribution in [2.45, 2.75) is 46.0 Å². The number of aliphatic imine (C=N–C) groups is 1. The molecule has 2 N–H and O–H groups in total. The summed E-state index contributed by atoms with van der Waals surface area (Å²) in [4.78, 5) is 23.2. The lowest BCUT2D eigenvalue weighted by molar-refractivity contribution is -0.138. The van der Waals surface area contributed by atoms with Crippen LogP contribution in [-0.4, -0.2) is 60.6 Å². The lowest BCUT2D eigenvalue weighted by Gasteiger charge is -2.29. The molecule has 1 aromatic heterocycles. The summed E-state index contributed by atoms with van der Waals surface area (Å²) in [5, 5.41) is 10.3. The van der Waals surface area contributed by atoms with Crippen LogP contribution in [0.1, 0.15) is 44.3 Å². The van der Waals surface area contributed by atoms with Crippen molar-refractivity contribution >= 4 is 35.8 Å². The first-order chi connectivity index (χ1) is 12.0. The fourth-order valence-electron chi connectivity index (χ4n) is 3.27. The molecule has 0 radical (unpaired) electrons. The average molecular weight is 478 g/mol. The van der Waals surface area contributed by atoms with Crippen molar-refractivity contribution in [2.24, 2.45) is 10.4 Å². The van der Waals surface area contributed by atoms with Crippen LogP contribution in [0.25, 0.3) is 0 Å². The van der Waals surface area contributed by atoms with E-state index in [1.165, 1.54) is 0 Å². The standard InChI is InChI=1S/C17H30N6O2.HI/c1-5-18-16(19-11-8-14-21-13(2)22-25-14)20-12-17(9-6-7-10-17)15(24)23(3)4;/h5-12H2,1-4H3,(H2,18,19,20);1H. The second kappa shape index (κ2) is 10.7. The Morgan fingerprint density at radius 2 is 2.00 bits per heavy atom. The molecule has 1 aromatic rings. The summed E-state index contributed by atoms with van der Waals surface area (Å²) in [6.45, 7) is 5.74. The molecule has 1 amide bonds. The predicted molar refractivity (Wildman–Crippen MR) is 112 cm³/mol. The van der Waals surface area contributed by atoms with Gasteiger partial charge in [0.25, 0.3) is 0 Å². The molecule has 9 heteroatoms.